The fraction of sp³-hybridized carbons (Fsp3) is 0.833. The second kappa shape index (κ2) is 7.66. The molecule has 1 saturated carbocycles. The summed E-state index contributed by atoms with van der Waals surface area (Å²) in [6.45, 7) is 7.90. The number of ether oxygens (including phenoxy) is 1. The van der Waals surface area contributed by atoms with Crippen LogP contribution in [0.3, 0.4) is 0 Å². The molecule has 1 aliphatic carbocycles. The Morgan fingerprint density at radius 1 is 1.36 bits per heavy atom. The molecule has 0 amide bonds. The summed E-state index contributed by atoms with van der Waals surface area (Å²) < 4.78 is 29.3. The fourth-order valence-corrected chi connectivity index (χ4v) is 5.77. The third kappa shape index (κ3) is 5.20. The van der Waals surface area contributed by atoms with Gasteiger partial charge < -0.3 is 15.4 Å². The Morgan fingerprint density at radius 2 is 2.16 bits per heavy atom. The van der Waals surface area contributed by atoms with Crippen molar-refractivity contribution in [2.24, 2.45) is 10.9 Å². The monoisotopic (exact) mass is 369 g/mol. The quantitative estimate of drug-likeness (QED) is 0.437. The molecule has 6 nitrogen and oxygen atoms in total. The fourth-order valence-electron chi connectivity index (χ4n) is 3.90. The molecule has 1 spiro atoms. The second-order valence-electron chi connectivity index (χ2n) is 7.99. The molecule has 3 fully saturated rings. The average molecular weight is 370 g/mol. The molecular formula is C18H31N3O3S. The molecule has 3 aliphatic rings. The molecule has 3 rings (SSSR count). The smallest absolute Gasteiger partial charge is 0.191 e. The predicted octanol–water partition coefficient (Wildman–Crippen LogP) is 1.63. The van der Waals surface area contributed by atoms with E-state index in [1.54, 1.807) is 0 Å². The first kappa shape index (κ1) is 18.7. The van der Waals surface area contributed by atoms with Crippen LogP contribution in [-0.2, 0) is 14.6 Å². The highest BCUT2D eigenvalue weighted by Crippen LogP contribution is 2.42. The van der Waals surface area contributed by atoms with Crippen LogP contribution in [-0.4, -0.2) is 57.2 Å². The van der Waals surface area contributed by atoms with Crippen LogP contribution in [0.15, 0.2) is 17.1 Å². The number of sulfone groups is 1. The standard InChI is InChI=1S/C18H31N3O3S/c1-14(2)11-19-17(20-12-15-5-9-25(22,23)13-15)21-16-4-8-24-18(10-16)6-3-7-18/h15-16H,1,3-13H2,2H3,(H2,19,20,21). The molecular weight excluding hydrogens is 338 g/mol. The summed E-state index contributed by atoms with van der Waals surface area (Å²) in [6.07, 6.45) is 6.33. The van der Waals surface area contributed by atoms with Gasteiger partial charge in [0.25, 0.3) is 0 Å². The van der Waals surface area contributed by atoms with Crippen molar-refractivity contribution in [3.63, 3.8) is 0 Å². The van der Waals surface area contributed by atoms with E-state index in [1.807, 2.05) is 6.92 Å². The third-order valence-corrected chi connectivity index (χ3v) is 7.33. The lowest BCUT2D eigenvalue weighted by Crippen LogP contribution is -2.54. The van der Waals surface area contributed by atoms with E-state index in [1.165, 1.54) is 6.42 Å². The first-order chi connectivity index (χ1) is 11.9. The van der Waals surface area contributed by atoms with E-state index in [4.69, 9.17) is 4.74 Å². The highest BCUT2D eigenvalue weighted by molar-refractivity contribution is 7.91. The molecule has 2 heterocycles. The molecule has 2 atom stereocenters. The zero-order chi connectivity index (χ0) is 17.9. The van der Waals surface area contributed by atoms with Crippen molar-refractivity contribution >= 4 is 15.8 Å². The summed E-state index contributed by atoms with van der Waals surface area (Å²) in [4.78, 5) is 4.61. The second-order valence-corrected chi connectivity index (χ2v) is 10.2. The van der Waals surface area contributed by atoms with Crippen molar-refractivity contribution in [3.05, 3.63) is 12.2 Å². The van der Waals surface area contributed by atoms with Crippen LogP contribution < -0.4 is 10.6 Å². The highest BCUT2D eigenvalue weighted by atomic mass is 32.2. The molecule has 142 valence electrons. The predicted molar refractivity (Wildman–Crippen MR) is 101 cm³/mol. The van der Waals surface area contributed by atoms with Crippen molar-refractivity contribution in [1.29, 1.82) is 0 Å². The minimum Gasteiger partial charge on any atom is -0.375 e. The normalized spacial score (nSPS) is 30.7. The van der Waals surface area contributed by atoms with Crippen molar-refractivity contribution in [2.45, 2.75) is 57.1 Å². The number of hydrogen-bond donors (Lipinski definition) is 2. The lowest BCUT2D eigenvalue weighted by molar-refractivity contribution is -0.134. The van der Waals surface area contributed by atoms with Gasteiger partial charge in [0, 0.05) is 19.2 Å². The first-order valence-electron chi connectivity index (χ1n) is 9.39. The van der Waals surface area contributed by atoms with Gasteiger partial charge in [-0.3, -0.25) is 0 Å². The zero-order valence-electron chi connectivity index (χ0n) is 15.2. The summed E-state index contributed by atoms with van der Waals surface area (Å²) in [5.41, 5.74) is 1.10. The van der Waals surface area contributed by atoms with Crippen molar-refractivity contribution in [1.82, 2.24) is 10.6 Å². The maximum atomic E-state index is 11.6. The molecule has 25 heavy (non-hydrogen) atoms. The van der Waals surface area contributed by atoms with Crippen LogP contribution in [0.5, 0.6) is 0 Å². The Bertz CT molecular complexity index is 625. The van der Waals surface area contributed by atoms with Crippen LogP contribution in [0.2, 0.25) is 0 Å². The Morgan fingerprint density at radius 3 is 2.76 bits per heavy atom. The molecule has 7 heteroatoms. The van der Waals surface area contributed by atoms with E-state index in [0.717, 1.165) is 50.2 Å². The number of aliphatic imine (C=N–C) groups is 1. The number of rotatable bonds is 5. The Kier molecular flexibility index (Phi) is 5.73. The molecule has 2 aliphatic heterocycles. The van der Waals surface area contributed by atoms with Gasteiger partial charge >= 0.3 is 0 Å². The zero-order valence-corrected chi connectivity index (χ0v) is 16.0. The Labute approximate surface area is 151 Å². The van der Waals surface area contributed by atoms with Gasteiger partial charge in [0.05, 0.1) is 23.7 Å². The van der Waals surface area contributed by atoms with Gasteiger partial charge in [0.15, 0.2) is 15.8 Å². The number of guanidine groups is 1. The molecule has 2 saturated heterocycles. The molecule has 2 unspecified atom stereocenters. The molecule has 0 radical (unpaired) electrons. The van der Waals surface area contributed by atoms with Gasteiger partial charge in [-0.2, -0.15) is 0 Å². The van der Waals surface area contributed by atoms with Gasteiger partial charge in [-0.25, -0.2) is 13.4 Å². The van der Waals surface area contributed by atoms with Gasteiger partial charge in [0.2, 0.25) is 0 Å². The van der Waals surface area contributed by atoms with Crippen LogP contribution in [0, 0.1) is 5.92 Å². The molecule has 2 N–H and O–H groups in total. The Hall–Kier alpha value is -1.08. The average Bonchev–Trinajstić information content (AvgIpc) is 2.88. The van der Waals surface area contributed by atoms with E-state index in [2.05, 4.69) is 22.2 Å². The lowest BCUT2D eigenvalue weighted by Gasteiger charge is -2.47. The minimum absolute atomic E-state index is 0.0922. The topological polar surface area (TPSA) is 79.8 Å². The van der Waals surface area contributed by atoms with E-state index in [-0.39, 0.29) is 17.3 Å². The van der Waals surface area contributed by atoms with E-state index >= 15 is 0 Å². The molecule has 0 bridgehead atoms. The van der Waals surface area contributed by atoms with Crippen LogP contribution in [0.25, 0.3) is 0 Å². The molecule has 0 aromatic carbocycles. The number of nitrogens with one attached hydrogen (secondary N) is 2. The largest absolute Gasteiger partial charge is 0.375 e. The lowest BCUT2D eigenvalue weighted by atomic mass is 9.74. The van der Waals surface area contributed by atoms with Crippen LogP contribution in [0.1, 0.15) is 45.4 Å². The van der Waals surface area contributed by atoms with Gasteiger partial charge in [0.1, 0.15) is 0 Å². The summed E-state index contributed by atoms with van der Waals surface area (Å²) >= 11 is 0. The number of nitrogens with zero attached hydrogens (tertiary/aromatic N) is 1. The van der Waals surface area contributed by atoms with Crippen molar-refractivity contribution in [3.8, 4) is 0 Å². The van der Waals surface area contributed by atoms with Gasteiger partial charge in [-0.05, 0) is 51.4 Å². The van der Waals surface area contributed by atoms with E-state index in [9.17, 15) is 8.42 Å². The Balaban J connectivity index is 1.55. The summed E-state index contributed by atoms with van der Waals surface area (Å²) in [5, 5.41) is 6.91. The van der Waals surface area contributed by atoms with Crippen molar-refractivity contribution in [2.75, 3.05) is 31.2 Å². The third-order valence-electron chi connectivity index (χ3n) is 5.49. The van der Waals surface area contributed by atoms with Gasteiger partial charge in [-0.15, -0.1) is 0 Å². The van der Waals surface area contributed by atoms with Gasteiger partial charge in [-0.1, -0.05) is 12.2 Å². The summed E-state index contributed by atoms with van der Waals surface area (Å²) in [6, 6.07) is 0.359. The maximum Gasteiger partial charge on any atom is 0.191 e. The SMILES string of the molecule is C=C(C)CN=C(NCC1CCS(=O)(=O)C1)NC1CCOC2(CCC2)C1. The highest BCUT2D eigenvalue weighted by Gasteiger charge is 2.42. The summed E-state index contributed by atoms with van der Waals surface area (Å²) in [5.74, 6) is 1.55. The van der Waals surface area contributed by atoms with Crippen LogP contribution >= 0.6 is 0 Å². The molecule has 0 aromatic heterocycles. The minimum atomic E-state index is -2.84. The summed E-state index contributed by atoms with van der Waals surface area (Å²) in [7, 11) is -2.84. The molecule has 0 aromatic rings. The van der Waals surface area contributed by atoms with Crippen LogP contribution in [0.4, 0.5) is 0 Å². The van der Waals surface area contributed by atoms with E-state index in [0.29, 0.717) is 24.9 Å². The maximum absolute atomic E-state index is 11.6. The van der Waals surface area contributed by atoms with Crippen molar-refractivity contribution < 1.29 is 13.2 Å². The van der Waals surface area contributed by atoms with E-state index < -0.39 is 9.84 Å². The first-order valence-corrected chi connectivity index (χ1v) is 11.2. The number of hydrogen-bond acceptors (Lipinski definition) is 4.